The molecule has 47 valence electrons. The minimum Gasteiger partial charge on any atom is -0.322 e. The van der Waals surface area contributed by atoms with Crippen molar-refractivity contribution in [2.24, 2.45) is 5.73 Å². The van der Waals surface area contributed by atoms with E-state index in [1.165, 1.54) is 6.54 Å². The van der Waals surface area contributed by atoms with Crippen molar-refractivity contribution in [3.63, 3.8) is 0 Å². The predicted octanol–water partition coefficient (Wildman–Crippen LogP) is 1.81. The lowest BCUT2D eigenvalue weighted by molar-refractivity contribution is 1.35. The van der Waals surface area contributed by atoms with Crippen molar-refractivity contribution in [1.82, 2.24) is 0 Å². The molecule has 0 atom stereocenters. The second-order valence-corrected chi connectivity index (χ2v) is 2.10. The highest BCUT2D eigenvalue weighted by atomic mass is 35.5. The maximum Gasteiger partial charge on any atom is 0.0506 e. The summed E-state index contributed by atoms with van der Waals surface area (Å²) in [6, 6.07) is 7.43. The standard InChI is InChI=1S/C7H7ClN/c8-7-4-2-1-3-6(7)5-9/h1-5H,9H2. The van der Waals surface area contributed by atoms with Gasteiger partial charge in [0.1, 0.15) is 0 Å². The molecule has 1 aromatic rings. The highest BCUT2D eigenvalue weighted by Gasteiger charge is 1.92. The van der Waals surface area contributed by atoms with Crippen LogP contribution in [0.3, 0.4) is 0 Å². The van der Waals surface area contributed by atoms with E-state index >= 15 is 0 Å². The molecule has 1 aromatic carbocycles. The van der Waals surface area contributed by atoms with E-state index in [1.807, 2.05) is 18.2 Å². The van der Waals surface area contributed by atoms with Gasteiger partial charge in [-0.2, -0.15) is 0 Å². The molecule has 0 fully saturated rings. The minimum atomic E-state index is 0.694. The van der Waals surface area contributed by atoms with Gasteiger partial charge in [-0.1, -0.05) is 29.8 Å². The SMILES string of the molecule is N[CH]c1ccccc1Cl. The van der Waals surface area contributed by atoms with E-state index in [0.29, 0.717) is 5.02 Å². The number of halogens is 1. The Morgan fingerprint density at radius 3 is 2.44 bits per heavy atom. The van der Waals surface area contributed by atoms with Crippen LogP contribution < -0.4 is 5.73 Å². The first kappa shape index (κ1) is 6.59. The average molecular weight is 141 g/mol. The van der Waals surface area contributed by atoms with E-state index in [4.69, 9.17) is 17.3 Å². The topological polar surface area (TPSA) is 26.0 Å². The number of benzene rings is 1. The smallest absolute Gasteiger partial charge is 0.0506 e. The summed E-state index contributed by atoms with van der Waals surface area (Å²) in [5.41, 5.74) is 6.12. The molecule has 2 N–H and O–H groups in total. The summed E-state index contributed by atoms with van der Waals surface area (Å²) in [5, 5.41) is 0.694. The quantitative estimate of drug-likeness (QED) is 0.633. The van der Waals surface area contributed by atoms with Crippen LogP contribution in [-0.4, -0.2) is 0 Å². The first-order chi connectivity index (χ1) is 4.34. The molecule has 0 saturated carbocycles. The minimum absolute atomic E-state index is 0.694. The van der Waals surface area contributed by atoms with Gasteiger partial charge in [-0.3, -0.25) is 0 Å². The summed E-state index contributed by atoms with van der Waals surface area (Å²) in [5.74, 6) is 0. The third kappa shape index (κ3) is 1.44. The number of hydrogen-bond donors (Lipinski definition) is 1. The molecule has 1 radical (unpaired) electrons. The van der Waals surface area contributed by atoms with Gasteiger partial charge in [0.2, 0.25) is 0 Å². The zero-order valence-electron chi connectivity index (χ0n) is 4.84. The van der Waals surface area contributed by atoms with Crippen LogP contribution in [0.15, 0.2) is 24.3 Å². The summed E-state index contributed by atoms with van der Waals surface area (Å²) in [7, 11) is 0. The fraction of sp³-hybridized carbons (Fsp3) is 0. The molecular weight excluding hydrogens is 134 g/mol. The van der Waals surface area contributed by atoms with Crippen molar-refractivity contribution in [3.8, 4) is 0 Å². The number of hydrogen-bond acceptors (Lipinski definition) is 1. The summed E-state index contributed by atoms with van der Waals surface area (Å²) < 4.78 is 0. The van der Waals surface area contributed by atoms with Crippen LogP contribution in [0.2, 0.25) is 5.02 Å². The zero-order valence-corrected chi connectivity index (χ0v) is 5.60. The van der Waals surface area contributed by atoms with Crippen molar-refractivity contribution < 1.29 is 0 Å². The fourth-order valence-electron chi connectivity index (χ4n) is 0.610. The van der Waals surface area contributed by atoms with Crippen molar-refractivity contribution in [1.29, 1.82) is 0 Å². The summed E-state index contributed by atoms with van der Waals surface area (Å²) in [4.78, 5) is 0. The molecule has 9 heavy (non-hydrogen) atoms. The van der Waals surface area contributed by atoms with Crippen LogP contribution in [-0.2, 0) is 0 Å². The van der Waals surface area contributed by atoms with Gasteiger partial charge >= 0.3 is 0 Å². The Labute approximate surface area is 59.4 Å². The van der Waals surface area contributed by atoms with Crippen LogP contribution in [0.4, 0.5) is 0 Å². The van der Waals surface area contributed by atoms with E-state index in [-0.39, 0.29) is 0 Å². The molecule has 1 rings (SSSR count). The Bertz CT molecular complexity index is 198. The molecule has 0 heterocycles. The third-order valence-electron chi connectivity index (χ3n) is 1.08. The van der Waals surface area contributed by atoms with Crippen molar-refractivity contribution in [3.05, 3.63) is 41.4 Å². The molecule has 0 bridgehead atoms. The average Bonchev–Trinajstić information content (AvgIpc) is 1.89. The van der Waals surface area contributed by atoms with Gasteiger partial charge in [-0.15, -0.1) is 0 Å². The van der Waals surface area contributed by atoms with Crippen molar-refractivity contribution in [2.75, 3.05) is 0 Å². The van der Waals surface area contributed by atoms with Gasteiger partial charge in [-0.05, 0) is 11.6 Å². The Balaban J connectivity index is 3.01. The molecule has 0 aliphatic heterocycles. The van der Waals surface area contributed by atoms with Gasteiger partial charge < -0.3 is 5.73 Å². The van der Waals surface area contributed by atoms with Crippen molar-refractivity contribution >= 4 is 11.6 Å². The second kappa shape index (κ2) is 2.85. The monoisotopic (exact) mass is 140 g/mol. The van der Waals surface area contributed by atoms with E-state index in [2.05, 4.69) is 0 Å². The Kier molecular flexibility index (Phi) is 2.09. The largest absolute Gasteiger partial charge is 0.322 e. The Hall–Kier alpha value is -0.530. The first-order valence-corrected chi connectivity index (χ1v) is 3.02. The van der Waals surface area contributed by atoms with E-state index in [1.54, 1.807) is 6.07 Å². The molecule has 0 aliphatic carbocycles. The molecule has 0 aromatic heterocycles. The summed E-state index contributed by atoms with van der Waals surface area (Å²) in [6.07, 6.45) is 0. The lowest BCUT2D eigenvalue weighted by Crippen LogP contribution is -1.92. The van der Waals surface area contributed by atoms with Crippen LogP contribution in [0, 0.1) is 6.54 Å². The van der Waals surface area contributed by atoms with Gasteiger partial charge in [-0.25, -0.2) is 0 Å². The Morgan fingerprint density at radius 1 is 1.33 bits per heavy atom. The zero-order chi connectivity index (χ0) is 6.69. The van der Waals surface area contributed by atoms with E-state index in [0.717, 1.165) is 5.56 Å². The second-order valence-electron chi connectivity index (χ2n) is 1.69. The van der Waals surface area contributed by atoms with Gasteiger partial charge in [0.15, 0.2) is 0 Å². The van der Waals surface area contributed by atoms with Crippen LogP contribution in [0.1, 0.15) is 5.56 Å². The lowest BCUT2D eigenvalue weighted by Gasteiger charge is -1.95. The highest BCUT2D eigenvalue weighted by Crippen LogP contribution is 2.13. The maximum absolute atomic E-state index is 5.71. The normalized spacial score (nSPS) is 9.56. The first-order valence-electron chi connectivity index (χ1n) is 2.64. The molecule has 0 spiro atoms. The van der Waals surface area contributed by atoms with Gasteiger partial charge in [0, 0.05) is 5.02 Å². The maximum atomic E-state index is 5.71. The number of nitrogens with two attached hydrogens (primary N) is 1. The molecule has 0 amide bonds. The van der Waals surface area contributed by atoms with E-state index in [9.17, 15) is 0 Å². The van der Waals surface area contributed by atoms with Gasteiger partial charge in [0.05, 0.1) is 6.54 Å². The third-order valence-corrected chi connectivity index (χ3v) is 1.43. The van der Waals surface area contributed by atoms with Crippen LogP contribution in [0.5, 0.6) is 0 Å². The van der Waals surface area contributed by atoms with Crippen LogP contribution in [0.25, 0.3) is 0 Å². The molecule has 0 saturated heterocycles. The lowest BCUT2D eigenvalue weighted by atomic mass is 10.2. The van der Waals surface area contributed by atoms with Crippen LogP contribution >= 0.6 is 11.6 Å². The van der Waals surface area contributed by atoms with Gasteiger partial charge in [0.25, 0.3) is 0 Å². The molecule has 2 heteroatoms. The van der Waals surface area contributed by atoms with E-state index < -0.39 is 0 Å². The predicted molar refractivity (Wildman–Crippen MR) is 39.0 cm³/mol. The summed E-state index contributed by atoms with van der Waals surface area (Å²) in [6.45, 7) is 1.49. The van der Waals surface area contributed by atoms with Crippen molar-refractivity contribution in [2.45, 2.75) is 0 Å². The molecule has 0 unspecified atom stereocenters. The Morgan fingerprint density at radius 2 is 2.00 bits per heavy atom. The molecular formula is C7H7ClN. The number of rotatable bonds is 1. The molecule has 1 nitrogen and oxygen atoms in total. The fourth-order valence-corrected chi connectivity index (χ4v) is 0.809. The highest BCUT2D eigenvalue weighted by molar-refractivity contribution is 6.31. The molecule has 0 aliphatic rings. The summed E-state index contributed by atoms with van der Waals surface area (Å²) >= 11 is 5.71.